The average molecular weight is 190 g/mol. The maximum Gasteiger partial charge on any atom is 0.313 e. The molecule has 0 amide bonds. The van der Waals surface area contributed by atoms with Crippen molar-refractivity contribution >= 4 is 5.97 Å². The molecule has 74 valence electrons. The van der Waals surface area contributed by atoms with Gasteiger partial charge in [-0.25, -0.2) is 0 Å². The van der Waals surface area contributed by atoms with Crippen LogP contribution in [-0.4, -0.2) is 12.6 Å². The highest BCUT2D eigenvalue weighted by molar-refractivity contribution is 5.78. The molecule has 0 aliphatic carbocycles. The smallest absolute Gasteiger partial charge is 0.313 e. The summed E-state index contributed by atoms with van der Waals surface area (Å²) in [7, 11) is 0. The molecular formula is C12H14O2. The normalized spacial score (nSPS) is 22.6. The lowest BCUT2D eigenvalue weighted by molar-refractivity contribution is -0.144. The van der Waals surface area contributed by atoms with E-state index in [-0.39, 0.29) is 11.9 Å². The molecule has 0 saturated carbocycles. The lowest BCUT2D eigenvalue weighted by atomic mass is 9.94. The van der Waals surface area contributed by atoms with Crippen molar-refractivity contribution in [2.45, 2.75) is 25.2 Å². The van der Waals surface area contributed by atoms with Gasteiger partial charge in [0.2, 0.25) is 0 Å². The van der Waals surface area contributed by atoms with Crippen molar-refractivity contribution < 1.29 is 9.53 Å². The second kappa shape index (κ2) is 4.27. The number of hydrogen-bond acceptors (Lipinski definition) is 2. The van der Waals surface area contributed by atoms with Crippen molar-refractivity contribution in [2.75, 3.05) is 6.61 Å². The molecule has 0 radical (unpaired) electrons. The zero-order valence-corrected chi connectivity index (χ0v) is 8.11. The van der Waals surface area contributed by atoms with Gasteiger partial charge in [-0.1, -0.05) is 30.3 Å². The van der Waals surface area contributed by atoms with Crippen LogP contribution < -0.4 is 0 Å². The zero-order valence-electron chi connectivity index (χ0n) is 8.11. The molecule has 1 aromatic rings. The fourth-order valence-corrected chi connectivity index (χ4v) is 1.83. The number of benzene rings is 1. The third-order valence-electron chi connectivity index (χ3n) is 2.62. The van der Waals surface area contributed by atoms with Gasteiger partial charge in [-0.3, -0.25) is 4.79 Å². The van der Waals surface area contributed by atoms with Crippen molar-refractivity contribution in [3.05, 3.63) is 35.9 Å². The lowest BCUT2D eigenvalue weighted by Crippen LogP contribution is -2.13. The number of carbonyl (C=O) groups excluding carboxylic acids is 1. The van der Waals surface area contributed by atoms with Crippen molar-refractivity contribution in [1.29, 1.82) is 0 Å². The summed E-state index contributed by atoms with van der Waals surface area (Å²) in [6.45, 7) is 0.585. The fourth-order valence-electron chi connectivity index (χ4n) is 1.83. The molecule has 14 heavy (non-hydrogen) atoms. The van der Waals surface area contributed by atoms with Crippen molar-refractivity contribution in [3.63, 3.8) is 0 Å². The molecule has 1 unspecified atom stereocenters. The van der Waals surface area contributed by atoms with Gasteiger partial charge < -0.3 is 4.74 Å². The summed E-state index contributed by atoms with van der Waals surface area (Å²) in [4.78, 5) is 11.6. The highest BCUT2D eigenvalue weighted by Crippen LogP contribution is 2.25. The van der Waals surface area contributed by atoms with Crippen molar-refractivity contribution in [3.8, 4) is 0 Å². The van der Waals surface area contributed by atoms with Crippen LogP contribution in [0.15, 0.2) is 30.3 Å². The van der Waals surface area contributed by atoms with E-state index >= 15 is 0 Å². The highest BCUT2D eigenvalue weighted by atomic mass is 16.5. The van der Waals surface area contributed by atoms with Crippen LogP contribution in [-0.2, 0) is 9.53 Å². The van der Waals surface area contributed by atoms with Gasteiger partial charge in [-0.2, -0.15) is 0 Å². The molecule has 1 atom stereocenters. The Hall–Kier alpha value is -1.31. The molecule has 0 spiro atoms. The van der Waals surface area contributed by atoms with Gasteiger partial charge in [0.15, 0.2) is 0 Å². The van der Waals surface area contributed by atoms with Crippen LogP contribution in [0, 0.1) is 0 Å². The van der Waals surface area contributed by atoms with Gasteiger partial charge in [0, 0.05) is 0 Å². The summed E-state index contributed by atoms with van der Waals surface area (Å²) >= 11 is 0. The summed E-state index contributed by atoms with van der Waals surface area (Å²) < 4.78 is 5.13. The Morgan fingerprint density at radius 2 is 1.93 bits per heavy atom. The third-order valence-corrected chi connectivity index (χ3v) is 2.62. The van der Waals surface area contributed by atoms with Gasteiger partial charge >= 0.3 is 5.97 Å². The van der Waals surface area contributed by atoms with Crippen LogP contribution in [0.2, 0.25) is 0 Å². The summed E-state index contributed by atoms with van der Waals surface area (Å²) in [5.74, 6) is -0.104. The summed E-state index contributed by atoms with van der Waals surface area (Å²) in [6, 6.07) is 9.89. The van der Waals surface area contributed by atoms with Gasteiger partial charge in [0.25, 0.3) is 0 Å². The Balaban J connectivity index is 2.19. The van der Waals surface area contributed by atoms with Crippen LogP contribution in [0.4, 0.5) is 0 Å². The first kappa shape index (κ1) is 9.25. The van der Waals surface area contributed by atoms with E-state index < -0.39 is 0 Å². The molecule has 1 aliphatic heterocycles. The maximum absolute atomic E-state index is 11.6. The standard InChI is InChI=1S/C12H14O2/c13-12-11(8-4-5-9-14-12)10-6-2-1-3-7-10/h1-3,6-7,11H,4-5,8-9H2. The molecule has 1 fully saturated rings. The van der Waals surface area contributed by atoms with Crippen LogP contribution in [0.25, 0.3) is 0 Å². The average Bonchev–Trinajstić information content (AvgIpc) is 2.44. The first-order valence-corrected chi connectivity index (χ1v) is 5.09. The minimum absolute atomic E-state index is 0.0429. The van der Waals surface area contributed by atoms with E-state index in [2.05, 4.69) is 0 Å². The molecule has 0 N–H and O–H groups in total. The zero-order chi connectivity index (χ0) is 9.80. The topological polar surface area (TPSA) is 26.3 Å². The number of ether oxygens (including phenoxy) is 1. The second-order valence-corrected chi connectivity index (χ2v) is 3.63. The van der Waals surface area contributed by atoms with Crippen LogP contribution in [0.3, 0.4) is 0 Å². The summed E-state index contributed by atoms with van der Waals surface area (Å²) in [6.07, 6.45) is 2.99. The summed E-state index contributed by atoms with van der Waals surface area (Å²) in [5.41, 5.74) is 1.08. The first-order chi connectivity index (χ1) is 6.88. The number of cyclic esters (lactones) is 1. The molecule has 2 nitrogen and oxygen atoms in total. The predicted molar refractivity (Wildman–Crippen MR) is 54.0 cm³/mol. The van der Waals surface area contributed by atoms with E-state index in [9.17, 15) is 4.79 Å². The highest BCUT2D eigenvalue weighted by Gasteiger charge is 2.23. The third kappa shape index (κ3) is 1.95. The number of esters is 1. The summed E-state index contributed by atoms with van der Waals surface area (Å²) in [5, 5.41) is 0. The van der Waals surface area contributed by atoms with Gasteiger partial charge in [-0.05, 0) is 24.8 Å². The molecular weight excluding hydrogens is 176 g/mol. The maximum atomic E-state index is 11.6. The second-order valence-electron chi connectivity index (χ2n) is 3.63. The Morgan fingerprint density at radius 3 is 2.71 bits per heavy atom. The molecule has 1 heterocycles. The molecule has 0 bridgehead atoms. The minimum Gasteiger partial charge on any atom is -0.465 e. The van der Waals surface area contributed by atoms with Crippen molar-refractivity contribution in [1.82, 2.24) is 0 Å². The first-order valence-electron chi connectivity index (χ1n) is 5.09. The van der Waals surface area contributed by atoms with Crippen molar-refractivity contribution in [2.24, 2.45) is 0 Å². The van der Waals surface area contributed by atoms with Gasteiger partial charge in [-0.15, -0.1) is 0 Å². The monoisotopic (exact) mass is 190 g/mol. The molecule has 2 heteroatoms. The van der Waals surface area contributed by atoms with E-state index in [1.807, 2.05) is 30.3 Å². The van der Waals surface area contributed by atoms with E-state index in [4.69, 9.17) is 4.74 Å². The van der Waals surface area contributed by atoms with Gasteiger partial charge in [0.1, 0.15) is 0 Å². The van der Waals surface area contributed by atoms with Crippen LogP contribution >= 0.6 is 0 Å². The van der Waals surface area contributed by atoms with E-state index in [1.165, 1.54) is 0 Å². The molecule has 1 saturated heterocycles. The SMILES string of the molecule is O=C1OCCCCC1c1ccccc1. The minimum atomic E-state index is -0.0614. The molecule has 2 rings (SSSR count). The fraction of sp³-hybridized carbons (Fsp3) is 0.417. The van der Waals surface area contributed by atoms with Gasteiger partial charge in [0.05, 0.1) is 12.5 Å². The number of carbonyl (C=O) groups is 1. The number of rotatable bonds is 1. The number of hydrogen-bond donors (Lipinski definition) is 0. The molecule has 0 aromatic heterocycles. The Kier molecular flexibility index (Phi) is 2.82. The molecule has 1 aliphatic rings. The van der Waals surface area contributed by atoms with Crippen LogP contribution in [0.5, 0.6) is 0 Å². The van der Waals surface area contributed by atoms with E-state index in [0.29, 0.717) is 6.61 Å². The molecule has 1 aromatic carbocycles. The Labute approximate surface area is 83.9 Å². The van der Waals surface area contributed by atoms with Crippen LogP contribution in [0.1, 0.15) is 30.7 Å². The quantitative estimate of drug-likeness (QED) is 0.636. The Morgan fingerprint density at radius 1 is 1.14 bits per heavy atom. The lowest BCUT2D eigenvalue weighted by Gasteiger charge is -2.11. The predicted octanol–water partition coefficient (Wildman–Crippen LogP) is 2.50. The van der Waals surface area contributed by atoms with E-state index in [1.54, 1.807) is 0 Å². The van der Waals surface area contributed by atoms with E-state index in [0.717, 1.165) is 24.8 Å². The largest absolute Gasteiger partial charge is 0.465 e. The Bertz CT molecular complexity index is 305.